The van der Waals surface area contributed by atoms with E-state index in [1.54, 1.807) is 6.20 Å². The predicted octanol–water partition coefficient (Wildman–Crippen LogP) is 2.74. The number of rotatable bonds is 4. The number of hydrogen-bond donors (Lipinski definition) is 2. The predicted molar refractivity (Wildman–Crippen MR) is 81.5 cm³/mol. The number of aromatic nitrogens is 4. The zero-order valence-corrected chi connectivity index (χ0v) is 12.0. The minimum Gasteiger partial charge on any atom is -0.375 e. The zero-order valence-electron chi connectivity index (χ0n) is 11.2. The highest BCUT2D eigenvalue weighted by Gasteiger charge is 2.10. The van der Waals surface area contributed by atoms with E-state index in [2.05, 4.69) is 24.6 Å². The summed E-state index contributed by atoms with van der Waals surface area (Å²) in [7, 11) is 3.96. The van der Waals surface area contributed by atoms with Crippen LogP contribution in [0, 0.1) is 0 Å². The fraction of sp³-hybridized carbons (Fsp3) is 0.154. The molecule has 0 radical (unpaired) electrons. The molecule has 0 saturated carbocycles. The molecule has 102 valence electrons. The molecular weight excluding hydrogens is 272 g/mol. The van der Waals surface area contributed by atoms with Crippen LogP contribution in [0.4, 0.5) is 16.6 Å². The van der Waals surface area contributed by atoms with Gasteiger partial charge in [-0.1, -0.05) is 0 Å². The highest BCUT2D eigenvalue weighted by molar-refractivity contribution is 7.09. The van der Waals surface area contributed by atoms with Crippen LogP contribution in [0.3, 0.4) is 0 Å². The van der Waals surface area contributed by atoms with Gasteiger partial charge in [0.15, 0.2) is 11.6 Å². The minimum absolute atomic E-state index is 0.709. The van der Waals surface area contributed by atoms with Crippen LogP contribution in [-0.4, -0.2) is 33.4 Å². The average Bonchev–Trinajstić information content (AvgIpc) is 3.09. The molecule has 0 spiro atoms. The Labute approximate surface area is 120 Å². The molecule has 0 atom stereocenters. The summed E-state index contributed by atoms with van der Waals surface area (Å²) in [6, 6.07) is 5.85. The van der Waals surface area contributed by atoms with E-state index >= 15 is 0 Å². The van der Waals surface area contributed by atoms with E-state index in [0.29, 0.717) is 5.82 Å². The van der Waals surface area contributed by atoms with Crippen molar-refractivity contribution < 1.29 is 0 Å². The van der Waals surface area contributed by atoms with Crippen molar-refractivity contribution in [1.29, 1.82) is 0 Å². The Balaban J connectivity index is 1.85. The zero-order chi connectivity index (χ0) is 13.9. The summed E-state index contributed by atoms with van der Waals surface area (Å²) < 4.78 is 4.34. The molecule has 7 heteroatoms. The first-order valence-corrected chi connectivity index (χ1v) is 6.87. The van der Waals surface area contributed by atoms with Gasteiger partial charge in [-0.05, 0) is 18.2 Å². The van der Waals surface area contributed by atoms with Gasteiger partial charge in [0, 0.05) is 49.8 Å². The van der Waals surface area contributed by atoms with Gasteiger partial charge >= 0.3 is 0 Å². The maximum absolute atomic E-state index is 4.47. The summed E-state index contributed by atoms with van der Waals surface area (Å²) >= 11 is 1.32. The standard InChI is InChI=1S/C13H14N6S/c1-19(2)10-4-3-6-15-12(10)17-13-16-11(18-20-13)9-5-7-14-8-9/h3-8,14H,1-2H3,(H,15,16,17,18). The van der Waals surface area contributed by atoms with Crippen LogP contribution in [0.25, 0.3) is 11.4 Å². The quantitative estimate of drug-likeness (QED) is 0.771. The lowest BCUT2D eigenvalue weighted by Crippen LogP contribution is -2.11. The van der Waals surface area contributed by atoms with Crippen LogP contribution in [0.1, 0.15) is 0 Å². The maximum atomic E-state index is 4.47. The monoisotopic (exact) mass is 286 g/mol. The number of pyridine rings is 1. The number of nitrogens with one attached hydrogen (secondary N) is 2. The second-order valence-corrected chi connectivity index (χ2v) is 5.17. The molecule has 0 fully saturated rings. The van der Waals surface area contributed by atoms with E-state index in [1.807, 2.05) is 49.6 Å². The molecule has 6 nitrogen and oxygen atoms in total. The number of hydrogen-bond acceptors (Lipinski definition) is 6. The summed E-state index contributed by atoms with van der Waals surface area (Å²) in [5.41, 5.74) is 1.98. The van der Waals surface area contributed by atoms with Gasteiger partial charge in [-0.3, -0.25) is 0 Å². The van der Waals surface area contributed by atoms with Crippen LogP contribution >= 0.6 is 11.5 Å². The third-order valence-electron chi connectivity index (χ3n) is 2.78. The first-order chi connectivity index (χ1) is 9.74. The lowest BCUT2D eigenvalue weighted by Gasteiger charge is -2.15. The second-order valence-electron chi connectivity index (χ2n) is 4.41. The summed E-state index contributed by atoms with van der Waals surface area (Å²) in [5, 5.41) is 3.94. The van der Waals surface area contributed by atoms with Crippen molar-refractivity contribution in [2.24, 2.45) is 0 Å². The number of nitrogens with zero attached hydrogens (tertiary/aromatic N) is 4. The van der Waals surface area contributed by atoms with E-state index in [9.17, 15) is 0 Å². The van der Waals surface area contributed by atoms with Gasteiger partial charge in [0.25, 0.3) is 0 Å². The minimum atomic E-state index is 0.709. The number of aromatic amines is 1. The number of H-pyrrole nitrogens is 1. The van der Waals surface area contributed by atoms with Crippen molar-refractivity contribution in [3.63, 3.8) is 0 Å². The van der Waals surface area contributed by atoms with Gasteiger partial charge in [0.1, 0.15) is 0 Å². The molecule has 0 unspecified atom stereocenters. The van der Waals surface area contributed by atoms with Gasteiger partial charge in [-0.15, -0.1) is 0 Å². The molecule has 3 aromatic heterocycles. The normalized spacial score (nSPS) is 10.5. The van der Waals surface area contributed by atoms with Crippen molar-refractivity contribution in [2.45, 2.75) is 0 Å². The van der Waals surface area contributed by atoms with Gasteiger partial charge in [0.2, 0.25) is 5.13 Å². The first kappa shape index (κ1) is 12.6. The second kappa shape index (κ2) is 5.30. The molecule has 3 heterocycles. The van der Waals surface area contributed by atoms with Gasteiger partial charge in [0.05, 0.1) is 5.69 Å². The Morgan fingerprint density at radius 3 is 2.95 bits per heavy atom. The fourth-order valence-corrected chi connectivity index (χ4v) is 2.40. The van der Waals surface area contributed by atoms with Crippen molar-refractivity contribution >= 4 is 28.2 Å². The van der Waals surface area contributed by atoms with Crippen LogP contribution in [0.5, 0.6) is 0 Å². The highest BCUT2D eigenvalue weighted by Crippen LogP contribution is 2.27. The van der Waals surface area contributed by atoms with Crippen LogP contribution in [-0.2, 0) is 0 Å². The topological polar surface area (TPSA) is 69.7 Å². The average molecular weight is 286 g/mol. The van der Waals surface area contributed by atoms with Gasteiger partial charge in [-0.2, -0.15) is 9.36 Å². The molecule has 3 rings (SSSR count). The molecule has 0 aliphatic rings. The smallest absolute Gasteiger partial charge is 0.208 e. The molecular formula is C13H14N6S. The van der Waals surface area contributed by atoms with Crippen LogP contribution in [0.2, 0.25) is 0 Å². The summed E-state index contributed by atoms with van der Waals surface area (Å²) in [5.74, 6) is 1.48. The van der Waals surface area contributed by atoms with Crippen molar-refractivity contribution in [2.75, 3.05) is 24.3 Å². The van der Waals surface area contributed by atoms with Crippen LogP contribution in [0.15, 0.2) is 36.8 Å². The molecule has 20 heavy (non-hydrogen) atoms. The lowest BCUT2D eigenvalue weighted by molar-refractivity contribution is 1.11. The summed E-state index contributed by atoms with van der Waals surface area (Å²) in [4.78, 5) is 13.8. The third-order valence-corrected chi connectivity index (χ3v) is 3.41. The Kier molecular flexibility index (Phi) is 3.34. The molecule has 3 aromatic rings. The molecule has 0 bridgehead atoms. The highest BCUT2D eigenvalue weighted by atomic mass is 32.1. The SMILES string of the molecule is CN(C)c1cccnc1Nc1nc(-c2cc[nH]c2)ns1. The lowest BCUT2D eigenvalue weighted by atomic mass is 10.3. The third kappa shape index (κ3) is 2.48. The van der Waals surface area contributed by atoms with E-state index in [-0.39, 0.29) is 0 Å². The molecule has 0 saturated heterocycles. The van der Waals surface area contributed by atoms with Gasteiger partial charge < -0.3 is 15.2 Å². The first-order valence-electron chi connectivity index (χ1n) is 6.10. The molecule has 0 aromatic carbocycles. The van der Waals surface area contributed by atoms with E-state index in [0.717, 1.165) is 22.2 Å². The molecule has 2 N–H and O–H groups in total. The fourth-order valence-electron chi connectivity index (χ4n) is 1.81. The summed E-state index contributed by atoms with van der Waals surface area (Å²) in [6.45, 7) is 0. The molecule has 0 aliphatic heterocycles. The Morgan fingerprint density at radius 1 is 1.30 bits per heavy atom. The Hall–Kier alpha value is -2.41. The number of anilines is 3. The van der Waals surface area contributed by atoms with E-state index < -0.39 is 0 Å². The maximum Gasteiger partial charge on any atom is 0.208 e. The van der Waals surface area contributed by atoms with E-state index in [1.165, 1.54) is 11.5 Å². The van der Waals surface area contributed by atoms with Crippen molar-refractivity contribution in [3.05, 3.63) is 36.8 Å². The van der Waals surface area contributed by atoms with Crippen LogP contribution < -0.4 is 10.2 Å². The molecule has 0 aliphatic carbocycles. The van der Waals surface area contributed by atoms with Crippen molar-refractivity contribution in [1.82, 2.24) is 19.3 Å². The molecule has 0 amide bonds. The summed E-state index contributed by atoms with van der Waals surface area (Å²) in [6.07, 6.45) is 5.48. The Bertz CT molecular complexity index is 688. The Morgan fingerprint density at radius 2 is 2.20 bits per heavy atom. The van der Waals surface area contributed by atoms with Crippen molar-refractivity contribution in [3.8, 4) is 11.4 Å². The van der Waals surface area contributed by atoms with E-state index in [4.69, 9.17) is 0 Å². The van der Waals surface area contributed by atoms with Gasteiger partial charge in [-0.25, -0.2) is 4.98 Å². The largest absolute Gasteiger partial charge is 0.375 e.